The van der Waals surface area contributed by atoms with E-state index in [0.29, 0.717) is 11.1 Å². The van der Waals surface area contributed by atoms with Crippen LogP contribution in [0.25, 0.3) is 0 Å². The molecule has 0 aliphatic heterocycles. The summed E-state index contributed by atoms with van der Waals surface area (Å²) < 4.78 is 0. The van der Waals surface area contributed by atoms with Crippen LogP contribution in [0.15, 0.2) is 71.0 Å². The van der Waals surface area contributed by atoms with Crippen LogP contribution >= 0.6 is 0 Å². The van der Waals surface area contributed by atoms with Gasteiger partial charge in [-0.3, -0.25) is 0 Å². The van der Waals surface area contributed by atoms with Gasteiger partial charge in [0.2, 0.25) is 0 Å². The maximum Gasteiger partial charge on any atom is 0.128 e. The molecule has 2 N–H and O–H groups in total. The van der Waals surface area contributed by atoms with Crippen molar-refractivity contribution in [3.8, 4) is 12.1 Å². The van der Waals surface area contributed by atoms with Crippen LogP contribution in [-0.2, 0) is 0 Å². The lowest BCUT2D eigenvalue weighted by Gasteiger charge is -2.16. The Balaban J connectivity index is 2.48. The normalized spacial score (nSPS) is 14.2. The zero-order chi connectivity index (χ0) is 17.4. The van der Waals surface area contributed by atoms with E-state index in [9.17, 15) is 20.9 Å². The predicted molar refractivity (Wildman–Crippen MR) is 88.0 cm³/mol. The van der Waals surface area contributed by atoms with E-state index in [1.165, 1.54) is 0 Å². The van der Waals surface area contributed by atoms with E-state index in [1.807, 2.05) is 12.1 Å². The highest BCUT2D eigenvalue weighted by Gasteiger charge is 2.31. The third-order valence-corrected chi connectivity index (χ3v) is 3.55. The van der Waals surface area contributed by atoms with Gasteiger partial charge >= 0.3 is 0 Å². The first-order valence-corrected chi connectivity index (χ1v) is 7.10. The molecule has 0 heterocycles. The minimum Gasteiger partial charge on any atom is -0.411 e. The van der Waals surface area contributed by atoms with Crippen molar-refractivity contribution in [3.05, 3.63) is 71.8 Å². The number of nitrogens with zero attached hydrogens (tertiary/aromatic N) is 4. The van der Waals surface area contributed by atoms with E-state index in [2.05, 4.69) is 10.3 Å². The van der Waals surface area contributed by atoms with Gasteiger partial charge in [-0.1, -0.05) is 71.0 Å². The first-order valence-electron chi connectivity index (χ1n) is 7.10. The largest absolute Gasteiger partial charge is 0.411 e. The summed E-state index contributed by atoms with van der Waals surface area (Å²) >= 11 is 0. The van der Waals surface area contributed by atoms with Gasteiger partial charge in [-0.25, -0.2) is 0 Å². The van der Waals surface area contributed by atoms with Crippen molar-refractivity contribution in [2.45, 2.75) is 11.8 Å². The van der Waals surface area contributed by atoms with Gasteiger partial charge in [0.25, 0.3) is 0 Å². The number of hydrogen-bond donors (Lipinski definition) is 2. The molecule has 0 aromatic heterocycles. The SMILES string of the molecule is N#C[C@H](C(=N/O)/C(=N/O)[C@H](C#N)c1ccccc1)c1ccccc1. The molecule has 0 radical (unpaired) electrons. The maximum atomic E-state index is 9.49. The molecule has 2 aromatic carbocycles. The minimum absolute atomic E-state index is 0.165. The molecule has 0 amide bonds. The Morgan fingerprint density at radius 2 is 1.04 bits per heavy atom. The fourth-order valence-corrected chi connectivity index (χ4v) is 2.39. The van der Waals surface area contributed by atoms with Crippen molar-refractivity contribution in [2.75, 3.05) is 0 Å². The van der Waals surface area contributed by atoms with Gasteiger partial charge in [-0.05, 0) is 11.1 Å². The van der Waals surface area contributed by atoms with Crippen molar-refractivity contribution >= 4 is 11.4 Å². The molecule has 0 saturated heterocycles. The Labute approximate surface area is 139 Å². The Bertz CT molecular complexity index is 746. The van der Waals surface area contributed by atoms with Gasteiger partial charge in [0.1, 0.15) is 23.3 Å². The Hall–Kier alpha value is -3.64. The molecule has 6 nitrogen and oxygen atoms in total. The zero-order valence-corrected chi connectivity index (χ0v) is 12.6. The van der Waals surface area contributed by atoms with Gasteiger partial charge in [0, 0.05) is 0 Å². The third-order valence-electron chi connectivity index (χ3n) is 3.55. The molecule has 0 spiro atoms. The number of nitriles is 2. The van der Waals surface area contributed by atoms with Crippen molar-refractivity contribution < 1.29 is 10.4 Å². The molecule has 2 aromatic rings. The highest BCUT2D eigenvalue weighted by Crippen LogP contribution is 2.24. The van der Waals surface area contributed by atoms with Crippen molar-refractivity contribution in [2.24, 2.45) is 10.3 Å². The summed E-state index contributed by atoms with van der Waals surface area (Å²) in [5, 5.41) is 44.1. The van der Waals surface area contributed by atoms with Crippen LogP contribution in [0.1, 0.15) is 23.0 Å². The quantitative estimate of drug-likeness (QED) is 0.500. The number of oxime groups is 2. The number of benzene rings is 2. The average molecular weight is 318 g/mol. The lowest BCUT2D eigenvalue weighted by molar-refractivity contribution is 0.312. The highest BCUT2D eigenvalue weighted by molar-refractivity contribution is 6.46. The molecule has 6 heteroatoms. The van der Waals surface area contributed by atoms with E-state index in [4.69, 9.17) is 0 Å². The second-order valence-corrected chi connectivity index (χ2v) is 4.92. The molecule has 0 fully saturated rings. The van der Waals surface area contributed by atoms with Crippen LogP contribution in [0.3, 0.4) is 0 Å². The maximum absolute atomic E-state index is 9.49. The molecule has 0 saturated carbocycles. The first-order chi connectivity index (χ1) is 11.8. The Morgan fingerprint density at radius 3 is 1.29 bits per heavy atom. The number of hydrogen-bond acceptors (Lipinski definition) is 6. The average Bonchev–Trinajstić information content (AvgIpc) is 2.66. The van der Waals surface area contributed by atoms with Crippen LogP contribution in [0.4, 0.5) is 0 Å². The van der Waals surface area contributed by atoms with E-state index in [1.54, 1.807) is 60.7 Å². The highest BCUT2D eigenvalue weighted by atomic mass is 16.4. The van der Waals surface area contributed by atoms with E-state index >= 15 is 0 Å². The molecule has 2 atom stereocenters. The summed E-state index contributed by atoms with van der Waals surface area (Å²) in [7, 11) is 0. The number of rotatable bonds is 5. The second-order valence-electron chi connectivity index (χ2n) is 4.92. The van der Waals surface area contributed by atoms with Gasteiger partial charge in [0.05, 0.1) is 12.1 Å². The summed E-state index contributed by atoms with van der Waals surface area (Å²) in [5.41, 5.74) is 0.806. The van der Waals surface area contributed by atoms with Crippen molar-refractivity contribution in [1.82, 2.24) is 0 Å². The smallest absolute Gasteiger partial charge is 0.128 e. The Morgan fingerprint density at radius 1 is 0.708 bits per heavy atom. The standard InChI is InChI=1S/C18H14N4O2/c19-11-15(13-7-3-1-4-8-13)17(21-23)18(22-24)16(12-20)14-9-5-2-6-10-14/h1-10,15-16,23-24H/b21-17-,22-18+/t15-,16+/m0/s1. The van der Waals surface area contributed by atoms with Gasteiger partial charge < -0.3 is 10.4 Å². The van der Waals surface area contributed by atoms with E-state index in [-0.39, 0.29) is 11.4 Å². The minimum atomic E-state index is -0.971. The van der Waals surface area contributed by atoms with E-state index < -0.39 is 11.8 Å². The lowest BCUT2D eigenvalue weighted by atomic mass is 9.85. The van der Waals surface area contributed by atoms with Crippen LogP contribution in [0.2, 0.25) is 0 Å². The third kappa shape index (κ3) is 3.40. The second kappa shape index (κ2) is 8.11. The molecule has 0 aliphatic rings. The Kier molecular flexibility index (Phi) is 5.65. The summed E-state index contributed by atoms with van der Waals surface area (Å²) in [6, 6.07) is 21.3. The fourth-order valence-electron chi connectivity index (χ4n) is 2.39. The van der Waals surface area contributed by atoms with Crippen molar-refractivity contribution in [3.63, 3.8) is 0 Å². The van der Waals surface area contributed by atoms with Crippen LogP contribution in [0, 0.1) is 22.7 Å². The predicted octanol–water partition coefficient (Wildman–Crippen LogP) is 3.26. The molecular formula is C18H14N4O2. The van der Waals surface area contributed by atoms with Gasteiger partial charge in [0.15, 0.2) is 0 Å². The molecule has 2 rings (SSSR count). The molecule has 24 heavy (non-hydrogen) atoms. The molecule has 0 bridgehead atoms. The van der Waals surface area contributed by atoms with Crippen molar-refractivity contribution in [1.29, 1.82) is 10.5 Å². The fraction of sp³-hybridized carbons (Fsp3) is 0.111. The van der Waals surface area contributed by atoms with Gasteiger partial charge in [-0.15, -0.1) is 0 Å². The van der Waals surface area contributed by atoms with Crippen LogP contribution in [0.5, 0.6) is 0 Å². The molecular weight excluding hydrogens is 304 g/mol. The summed E-state index contributed by atoms with van der Waals surface area (Å²) in [6.07, 6.45) is 0. The van der Waals surface area contributed by atoms with Gasteiger partial charge in [-0.2, -0.15) is 10.5 Å². The monoisotopic (exact) mass is 318 g/mol. The molecule has 0 aliphatic carbocycles. The lowest BCUT2D eigenvalue weighted by Crippen LogP contribution is -2.27. The summed E-state index contributed by atoms with van der Waals surface area (Å²) in [6.45, 7) is 0. The van der Waals surface area contributed by atoms with Crippen LogP contribution in [-0.4, -0.2) is 21.8 Å². The van der Waals surface area contributed by atoms with Crippen LogP contribution < -0.4 is 0 Å². The van der Waals surface area contributed by atoms with E-state index in [0.717, 1.165) is 0 Å². The first kappa shape index (κ1) is 16.7. The molecule has 118 valence electrons. The molecule has 0 unspecified atom stereocenters. The zero-order valence-electron chi connectivity index (χ0n) is 12.6. The summed E-state index contributed by atoms with van der Waals surface area (Å²) in [4.78, 5) is 0. The topological polar surface area (TPSA) is 113 Å². The summed E-state index contributed by atoms with van der Waals surface area (Å²) in [5.74, 6) is -1.94.